The number of rotatable bonds is 4. The van der Waals surface area contributed by atoms with E-state index < -0.39 is 23.6 Å². The summed E-state index contributed by atoms with van der Waals surface area (Å²) in [5, 5.41) is 16.9. The van der Waals surface area contributed by atoms with Crippen LogP contribution in [0, 0.1) is 17.7 Å². The average molecular weight is 627 g/mol. The van der Waals surface area contributed by atoms with Crippen molar-refractivity contribution in [3.8, 4) is 22.5 Å². The smallest absolute Gasteiger partial charge is 0.354 e. The van der Waals surface area contributed by atoms with Gasteiger partial charge in [0.05, 0.1) is 11.6 Å². The van der Waals surface area contributed by atoms with Crippen molar-refractivity contribution in [2.75, 3.05) is 0 Å². The third-order valence-corrected chi connectivity index (χ3v) is 4.01. The maximum Gasteiger partial charge on any atom is 0.354 e. The van der Waals surface area contributed by atoms with Gasteiger partial charge in [-0.1, -0.05) is 47.5 Å². The van der Waals surface area contributed by atoms with E-state index in [9.17, 15) is 18.4 Å². The Labute approximate surface area is 200 Å². The molecule has 0 fully saturated rings. The molecule has 0 atom stereocenters. The first kappa shape index (κ1) is 25.4. The van der Waals surface area contributed by atoms with E-state index in [1.54, 1.807) is 48.8 Å². The Bertz CT molecular complexity index is 1170. The fourth-order valence-corrected chi connectivity index (χ4v) is 2.57. The molecule has 0 aliphatic carbocycles. The molecule has 1 radical (unpaired) electrons. The predicted octanol–water partition coefficient (Wildman–Crippen LogP) is 4.36. The first-order valence-electron chi connectivity index (χ1n) is 9.04. The Morgan fingerprint density at radius 2 is 1.18 bits per heavy atom. The first-order chi connectivity index (χ1) is 15.4. The monoisotopic (exact) mass is 627 g/mol. The molecule has 0 saturated carbocycles. The molecule has 0 saturated heterocycles. The number of halogens is 2. The Hall–Kier alpha value is -3.88. The number of hydrogen-bond acceptors (Lipinski definition) is 5. The molecule has 10 heteroatoms. The van der Waals surface area contributed by atoms with Gasteiger partial charge in [-0.05, 0) is 24.3 Å². The number of benzene rings is 1. The Morgan fingerprint density at radius 1 is 0.727 bits per heavy atom. The summed E-state index contributed by atoms with van der Waals surface area (Å²) in [7, 11) is 0. The zero-order valence-electron chi connectivity index (χ0n) is 16.6. The summed E-state index contributed by atoms with van der Waals surface area (Å²) in [6.45, 7) is 0. The van der Waals surface area contributed by atoms with Crippen LogP contribution in [0.2, 0.25) is 0 Å². The normalized spacial score (nSPS) is 9.76. The zero-order valence-corrected chi connectivity index (χ0v) is 19.0. The molecule has 33 heavy (non-hydrogen) atoms. The van der Waals surface area contributed by atoms with Crippen molar-refractivity contribution in [2.24, 2.45) is 0 Å². The van der Waals surface area contributed by atoms with E-state index in [0.717, 1.165) is 6.07 Å². The van der Waals surface area contributed by atoms with E-state index in [1.807, 2.05) is 0 Å². The standard InChI is InChI=1S/C16H9F2N2.C7H5NO4.Ir/c17-13-10-14(18)12(16-6-2-4-8-20-16)9-11(13)15-5-1-3-7-19-15;9-6(10)4-2-1-3-5(8-4)7(11)12;/h1-8,10H;1-3H,(H,9,10)(H,11,12);/q-1;;. The molecular formula is C23H14F2IrN3O4-. The SMILES string of the molecule is Fc1cc(F)c(-c2ccccn2)[c-]c1-c1ccccn1.O=C(O)c1cccc(C(=O)O)n1.[Ir]. The Kier molecular flexibility index (Phi) is 8.97. The van der Waals surface area contributed by atoms with Crippen molar-refractivity contribution in [2.45, 2.75) is 0 Å². The van der Waals surface area contributed by atoms with Crippen molar-refractivity contribution >= 4 is 11.9 Å². The van der Waals surface area contributed by atoms with Crippen molar-refractivity contribution in [3.05, 3.63) is 102 Å². The minimum atomic E-state index is -1.24. The summed E-state index contributed by atoms with van der Waals surface area (Å²) in [4.78, 5) is 32.1. The zero-order chi connectivity index (χ0) is 23.1. The molecule has 7 nitrogen and oxygen atoms in total. The second-order valence-corrected chi connectivity index (χ2v) is 6.16. The molecule has 3 heterocycles. The number of pyridine rings is 3. The Balaban J connectivity index is 0.000000257. The molecule has 169 valence electrons. The van der Waals surface area contributed by atoms with Gasteiger partial charge < -0.3 is 10.2 Å². The minimum absolute atomic E-state index is 0. The molecule has 0 aliphatic rings. The van der Waals surface area contributed by atoms with Gasteiger partial charge in [-0.3, -0.25) is 18.7 Å². The van der Waals surface area contributed by atoms with Gasteiger partial charge in [0.2, 0.25) is 0 Å². The average Bonchev–Trinajstić information content (AvgIpc) is 2.81. The van der Waals surface area contributed by atoms with E-state index in [0.29, 0.717) is 11.4 Å². The number of nitrogens with zero attached hydrogens (tertiary/aromatic N) is 3. The van der Waals surface area contributed by atoms with Gasteiger partial charge in [0.15, 0.2) is 0 Å². The van der Waals surface area contributed by atoms with Gasteiger partial charge in [0.1, 0.15) is 11.4 Å². The summed E-state index contributed by atoms with van der Waals surface area (Å²) >= 11 is 0. The summed E-state index contributed by atoms with van der Waals surface area (Å²) in [5.41, 5.74) is 0.537. The van der Waals surface area contributed by atoms with E-state index in [1.165, 1.54) is 18.2 Å². The summed E-state index contributed by atoms with van der Waals surface area (Å²) in [5.74, 6) is -3.86. The second kappa shape index (κ2) is 11.7. The van der Waals surface area contributed by atoms with Gasteiger partial charge in [0.25, 0.3) is 0 Å². The van der Waals surface area contributed by atoms with Crippen molar-refractivity contribution in [3.63, 3.8) is 0 Å². The van der Waals surface area contributed by atoms with Crippen molar-refractivity contribution < 1.29 is 48.7 Å². The fraction of sp³-hybridized carbons (Fsp3) is 0. The van der Waals surface area contributed by atoms with Crippen LogP contribution in [0.3, 0.4) is 0 Å². The van der Waals surface area contributed by atoms with Gasteiger partial charge >= 0.3 is 11.9 Å². The van der Waals surface area contributed by atoms with Crippen LogP contribution in [-0.4, -0.2) is 37.1 Å². The molecule has 1 aromatic carbocycles. The fourth-order valence-electron chi connectivity index (χ4n) is 2.57. The second-order valence-electron chi connectivity index (χ2n) is 6.16. The van der Waals surface area contributed by atoms with E-state index in [-0.39, 0.29) is 42.6 Å². The van der Waals surface area contributed by atoms with Crippen LogP contribution in [0.5, 0.6) is 0 Å². The van der Waals surface area contributed by atoms with Crippen LogP contribution in [0.1, 0.15) is 21.0 Å². The molecule has 0 unspecified atom stereocenters. The molecule has 0 amide bonds. The van der Waals surface area contributed by atoms with Crippen LogP contribution in [-0.2, 0) is 20.1 Å². The molecule has 3 aromatic heterocycles. The summed E-state index contributed by atoms with van der Waals surface area (Å²) in [6.07, 6.45) is 3.10. The van der Waals surface area contributed by atoms with Crippen LogP contribution < -0.4 is 0 Å². The van der Waals surface area contributed by atoms with Gasteiger partial charge in [0, 0.05) is 43.9 Å². The maximum atomic E-state index is 13.9. The van der Waals surface area contributed by atoms with Crippen LogP contribution in [0.15, 0.2) is 73.1 Å². The number of carbonyl (C=O) groups is 2. The van der Waals surface area contributed by atoms with E-state index in [4.69, 9.17) is 10.2 Å². The number of aromatic nitrogens is 3. The van der Waals surface area contributed by atoms with Crippen LogP contribution in [0.4, 0.5) is 8.78 Å². The topological polar surface area (TPSA) is 113 Å². The molecule has 0 aliphatic heterocycles. The quantitative estimate of drug-likeness (QED) is 0.324. The van der Waals surface area contributed by atoms with E-state index >= 15 is 0 Å². The van der Waals surface area contributed by atoms with Gasteiger partial charge in [-0.15, -0.1) is 6.07 Å². The van der Waals surface area contributed by atoms with Crippen LogP contribution >= 0.6 is 0 Å². The molecule has 0 bridgehead atoms. The molecule has 4 rings (SSSR count). The number of carboxylic acids is 2. The molecular weight excluding hydrogens is 612 g/mol. The number of hydrogen-bond donors (Lipinski definition) is 2. The molecule has 0 spiro atoms. The van der Waals surface area contributed by atoms with Crippen molar-refractivity contribution in [1.29, 1.82) is 0 Å². The molecule has 2 N–H and O–H groups in total. The summed E-state index contributed by atoms with van der Waals surface area (Å²) < 4.78 is 27.8. The summed E-state index contributed by atoms with van der Waals surface area (Å²) in [6, 6.07) is 17.6. The first-order valence-corrected chi connectivity index (χ1v) is 9.04. The number of aromatic carboxylic acids is 2. The number of carboxylic acid groups (broad SMARTS) is 2. The Morgan fingerprint density at radius 3 is 1.55 bits per heavy atom. The van der Waals surface area contributed by atoms with E-state index in [2.05, 4.69) is 21.0 Å². The van der Waals surface area contributed by atoms with Crippen molar-refractivity contribution in [1.82, 2.24) is 15.0 Å². The largest absolute Gasteiger partial charge is 0.477 e. The third-order valence-electron chi connectivity index (χ3n) is 4.01. The predicted molar refractivity (Wildman–Crippen MR) is 110 cm³/mol. The third kappa shape index (κ3) is 6.55. The maximum absolute atomic E-state index is 13.9. The minimum Gasteiger partial charge on any atom is -0.477 e. The van der Waals surface area contributed by atoms with Gasteiger partial charge in [-0.2, -0.15) is 0 Å². The van der Waals surface area contributed by atoms with Gasteiger partial charge in [-0.25, -0.2) is 14.6 Å². The molecule has 4 aromatic rings. The van der Waals surface area contributed by atoms with Crippen LogP contribution in [0.25, 0.3) is 22.5 Å².